The van der Waals surface area contributed by atoms with E-state index in [0.717, 1.165) is 11.5 Å². The number of nitrogens with one attached hydrogen (secondary N) is 1. The van der Waals surface area contributed by atoms with Crippen molar-refractivity contribution < 1.29 is 14.3 Å². The van der Waals surface area contributed by atoms with Crippen LogP contribution in [0, 0.1) is 0 Å². The van der Waals surface area contributed by atoms with Crippen molar-refractivity contribution in [1.82, 2.24) is 4.90 Å². The minimum atomic E-state index is -1.52. The lowest BCUT2D eigenvalue weighted by atomic mass is 10.0. The van der Waals surface area contributed by atoms with E-state index in [-0.39, 0.29) is 5.91 Å². The summed E-state index contributed by atoms with van der Waals surface area (Å²) in [5, 5.41) is 3.21. The second-order valence-corrected chi connectivity index (χ2v) is 6.80. The molecule has 0 radical (unpaired) electrons. The van der Waals surface area contributed by atoms with Gasteiger partial charge in [0, 0.05) is 29.6 Å². The SMILES string of the molecule is C[C@]1(C(=O)N2CCSCC2)Oc2ccc(Cl)cc2NC1=O. The monoisotopic (exact) mass is 326 g/mol. The lowest BCUT2D eigenvalue weighted by molar-refractivity contribution is -0.154. The standard InChI is InChI=1S/C14H15ClN2O3S/c1-14(13(19)17-4-6-21-7-5-17)12(18)16-10-8-9(15)2-3-11(10)20-14/h2-3,8H,4-7H2,1H3,(H,16,18)/t14-/m0/s1. The molecule has 112 valence electrons. The quantitative estimate of drug-likeness (QED) is 0.802. The van der Waals surface area contributed by atoms with E-state index < -0.39 is 11.5 Å². The predicted molar refractivity (Wildman–Crippen MR) is 83.0 cm³/mol. The summed E-state index contributed by atoms with van der Waals surface area (Å²) in [6, 6.07) is 4.94. The first-order chi connectivity index (χ1) is 10.0. The van der Waals surface area contributed by atoms with Gasteiger partial charge in [0.05, 0.1) is 5.69 Å². The molecular weight excluding hydrogens is 312 g/mol. The number of rotatable bonds is 1. The average molecular weight is 327 g/mol. The molecule has 1 atom stereocenters. The van der Waals surface area contributed by atoms with Crippen LogP contribution in [0.1, 0.15) is 6.92 Å². The zero-order valence-electron chi connectivity index (χ0n) is 11.5. The molecule has 0 spiro atoms. The van der Waals surface area contributed by atoms with Gasteiger partial charge in [-0.05, 0) is 25.1 Å². The first kappa shape index (κ1) is 14.5. The molecule has 2 heterocycles. The van der Waals surface area contributed by atoms with E-state index in [0.29, 0.717) is 29.5 Å². The first-order valence-corrected chi connectivity index (χ1v) is 8.21. The molecule has 2 aliphatic rings. The number of hydrogen-bond acceptors (Lipinski definition) is 4. The molecule has 0 saturated carbocycles. The molecular formula is C14H15ClN2O3S. The van der Waals surface area contributed by atoms with E-state index >= 15 is 0 Å². The molecule has 3 rings (SSSR count). The second-order valence-electron chi connectivity index (χ2n) is 5.13. The van der Waals surface area contributed by atoms with Gasteiger partial charge in [0.1, 0.15) is 5.75 Å². The fourth-order valence-corrected chi connectivity index (χ4v) is 3.48. The fraction of sp³-hybridized carbons (Fsp3) is 0.429. The van der Waals surface area contributed by atoms with Crippen LogP contribution in [0.5, 0.6) is 5.75 Å². The van der Waals surface area contributed by atoms with Gasteiger partial charge in [-0.3, -0.25) is 9.59 Å². The van der Waals surface area contributed by atoms with E-state index in [1.165, 1.54) is 6.92 Å². The average Bonchev–Trinajstić information content (AvgIpc) is 2.49. The summed E-state index contributed by atoms with van der Waals surface area (Å²) >= 11 is 7.70. The van der Waals surface area contributed by atoms with Gasteiger partial charge in [-0.2, -0.15) is 11.8 Å². The molecule has 2 amide bonds. The van der Waals surface area contributed by atoms with E-state index in [1.54, 1.807) is 34.9 Å². The van der Waals surface area contributed by atoms with Crippen LogP contribution >= 0.6 is 23.4 Å². The highest BCUT2D eigenvalue weighted by Gasteiger charge is 2.49. The Morgan fingerprint density at radius 2 is 2.14 bits per heavy atom. The molecule has 1 aromatic rings. The Balaban J connectivity index is 1.88. The number of halogens is 1. The largest absolute Gasteiger partial charge is 0.466 e. The summed E-state index contributed by atoms with van der Waals surface area (Å²) in [4.78, 5) is 26.7. The molecule has 0 bridgehead atoms. The lowest BCUT2D eigenvalue weighted by Crippen LogP contribution is -2.60. The van der Waals surface area contributed by atoms with Crippen LogP contribution in [0.2, 0.25) is 5.02 Å². The summed E-state index contributed by atoms with van der Waals surface area (Å²) in [7, 11) is 0. The van der Waals surface area contributed by atoms with Crippen molar-refractivity contribution >= 4 is 40.9 Å². The van der Waals surface area contributed by atoms with Gasteiger partial charge < -0.3 is 15.0 Å². The number of carbonyl (C=O) groups excluding carboxylic acids is 2. The Hall–Kier alpha value is -1.40. The summed E-state index contributed by atoms with van der Waals surface area (Å²) in [6.07, 6.45) is 0. The molecule has 1 saturated heterocycles. The molecule has 1 N–H and O–H groups in total. The molecule has 5 nitrogen and oxygen atoms in total. The third-order valence-electron chi connectivity index (χ3n) is 3.64. The van der Waals surface area contributed by atoms with Gasteiger partial charge in [0.2, 0.25) is 0 Å². The number of ether oxygens (including phenoxy) is 1. The van der Waals surface area contributed by atoms with E-state index in [2.05, 4.69) is 5.32 Å². The van der Waals surface area contributed by atoms with Crippen LogP contribution in [0.3, 0.4) is 0 Å². The maximum absolute atomic E-state index is 12.7. The van der Waals surface area contributed by atoms with Crippen LogP contribution in [-0.2, 0) is 9.59 Å². The van der Waals surface area contributed by atoms with E-state index in [4.69, 9.17) is 16.3 Å². The normalized spacial score (nSPS) is 24.9. The van der Waals surface area contributed by atoms with E-state index in [9.17, 15) is 9.59 Å². The Morgan fingerprint density at radius 1 is 1.43 bits per heavy atom. The number of anilines is 1. The molecule has 2 aliphatic heterocycles. The van der Waals surface area contributed by atoms with Crippen LogP contribution in [0.4, 0.5) is 5.69 Å². The highest BCUT2D eigenvalue weighted by atomic mass is 35.5. The van der Waals surface area contributed by atoms with Crippen LogP contribution in [-0.4, -0.2) is 46.9 Å². The van der Waals surface area contributed by atoms with Crippen molar-refractivity contribution in [3.63, 3.8) is 0 Å². The maximum Gasteiger partial charge on any atom is 0.278 e. The molecule has 1 fully saturated rings. The third-order valence-corrected chi connectivity index (χ3v) is 4.82. The molecule has 21 heavy (non-hydrogen) atoms. The number of nitrogens with zero attached hydrogens (tertiary/aromatic N) is 1. The highest BCUT2D eigenvalue weighted by Crippen LogP contribution is 2.36. The number of amides is 2. The molecule has 0 aliphatic carbocycles. The summed E-state index contributed by atoms with van der Waals surface area (Å²) in [5.41, 5.74) is -1.03. The number of thioether (sulfide) groups is 1. The van der Waals surface area contributed by atoms with Gasteiger partial charge in [0.25, 0.3) is 17.4 Å². The molecule has 7 heteroatoms. The number of benzene rings is 1. The fourth-order valence-electron chi connectivity index (χ4n) is 2.41. The van der Waals surface area contributed by atoms with Crippen molar-refractivity contribution in [2.75, 3.05) is 29.9 Å². The van der Waals surface area contributed by atoms with Gasteiger partial charge in [-0.1, -0.05) is 11.6 Å². The minimum Gasteiger partial charge on any atom is -0.466 e. The van der Waals surface area contributed by atoms with Gasteiger partial charge in [-0.15, -0.1) is 0 Å². The lowest BCUT2D eigenvalue weighted by Gasteiger charge is -2.38. The second kappa shape index (κ2) is 5.42. The van der Waals surface area contributed by atoms with Gasteiger partial charge in [-0.25, -0.2) is 0 Å². The van der Waals surface area contributed by atoms with Crippen LogP contribution < -0.4 is 10.1 Å². The topological polar surface area (TPSA) is 58.6 Å². The summed E-state index contributed by atoms with van der Waals surface area (Å²) < 4.78 is 5.73. The van der Waals surface area contributed by atoms with Crippen molar-refractivity contribution in [3.8, 4) is 5.75 Å². The van der Waals surface area contributed by atoms with Gasteiger partial charge in [0.15, 0.2) is 0 Å². The number of hydrogen-bond donors (Lipinski definition) is 1. The summed E-state index contributed by atoms with van der Waals surface area (Å²) in [6.45, 7) is 2.80. The predicted octanol–water partition coefficient (Wildman–Crippen LogP) is 2.00. The van der Waals surface area contributed by atoms with Crippen molar-refractivity contribution in [2.45, 2.75) is 12.5 Å². The Bertz CT molecular complexity index is 604. The Morgan fingerprint density at radius 3 is 2.86 bits per heavy atom. The first-order valence-electron chi connectivity index (χ1n) is 6.68. The zero-order valence-corrected chi connectivity index (χ0v) is 13.1. The highest BCUT2D eigenvalue weighted by molar-refractivity contribution is 7.99. The van der Waals surface area contributed by atoms with Crippen LogP contribution in [0.25, 0.3) is 0 Å². The number of carbonyl (C=O) groups is 2. The molecule has 0 unspecified atom stereocenters. The number of fused-ring (bicyclic) bond motifs is 1. The van der Waals surface area contributed by atoms with Crippen molar-refractivity contribution in [3.05, 3.63) is 23.2 Å². The molecule has 1 aromatic carbocycles. The Labute approximate surface area is 132 Å². The van der Waals surface area contributed by atoms with Crippen LogP contribution in [0.15, 0.2) is 18.2 Å². The smallest absolute Gasteiger partial charge is 0.278 e. The maximum atomic E-state index is 12.7. The Kier molecular flexibility index (Phi) is 3.75. The third kappa shape index (κ3) is 2.58. The van der Waals surface area contributed by atoms with Crippen molar-refractivity contribution in [2.24, 2.45) is 0 Å². The van der Waals surface area contributed by atoms with Gasteiger partial charge >= 0.3 is 0 Å². The van der Waals surface area contributed by atoms with E-state index in [1.807, 2.05) is 0 Å². The van der Waals surface area contributed by atoms with Crippen molar-refractivity contribution in [1.29, 1.82) is 0 Å². The zero-order chi connectivity index (χ0) is 15.0. The summed E-state index contributed by atoms with van der Waals surface area (Å²) in [5.74, 6) is 1.48. The minimum absolute atomic E-state index is 0.291. The molecule has 0 aromatic heterocycles.